The van der Waals surface area contributed by atoms with Crippen molar-refractivity contribution in [1.29, 1.82) is 0 Å². The van der Waals surface area contributed by atoms with Gasteiger partial charge in [-0.25, -0.2) is 30.8 Å². The molecule has 0 aliphatic carbocycles. The van der Waals surface area contributed by atoms with Crippen LogP contribution >= 0.6 is 0 Å². The van der Waals surface area contributed by atoms with E-state index in [4.69, 9.17) is 9.47 Å². The average Bonchev–Trinajstić information content (AvgIpc) is 1.63. The molecule has 9 amide bonds. The maximum Gasteiger partial charge on any atom is 0.410 e. The molecule has 8 aromatic rings. The van der Waals surface area contributed by atoms with Crippen molar-refractivity contribution in [2.24, 2.45) is 0 Å². The molecule has 0 saturated carbocycles. The van der Waals surface area contributed by atoms with Crippen molar-refractivity contribution in [2.45, 2.75) is 224 Å². The summed E-state index contributed by atoms with van der Waals surface area (Å²) in [6.45, 7) is 34.8. The molecule has 4 aromatic carbocycles. The third-order valence-corrected chi connectivity index (χ3v) is 21.1. The van der Waals surface area contributed by atoms with Crippen LogP contribution in [-0.2, 0) is 91.0 Å². The minimum atomic E-state index is -3.55. The molecule has 0 radical (unpaired) electrons. The van der Waals surface area contributed by atoms with Gasteiger partial charge < -0.3 is 75.2 Å². The molecule has 12 rings (SSSR count). The monoisotopic (exact) mass is 1780 g/mol. The van der Waals surface area contributed by atoms with Crippen LogP contribution in [0.25, 0.3) is 0 Å². The molecular weight excluding hydrogens is 1670 g/mol. The summed E-state index contributed by atoms with van der Waals surface area (Å²) in [6.07, 6.45) is 2.95. The van der Waals surface area contributed by atoms with Gasteiger partial charge in [0.1, 0.15) is 28.9 Å². The van der Waals surface area contributed by atoms with E-state index in [-0.39, 0.29) is 103 Å². The van der Waals surface area contributed by atoms with Gasteiger partial charge in [0.15, 0.2) is 0 Å². The lowest BCUT2D eigenvalue weighted by molar-refractivity contribution is -0.119. The third-order valence-electron chi connectivity index (χ3n) is 19.9. The highest BCUT2D eigenvalue weighted by Gasteiger charge is 2.39. The van der Waals surface area contributed by atoms with Gasteiger partial charge in [0, 0.05) is 95.6 Å². The number of ketones is 4. The van der Waals surface area contributed by atoms with Crippen LogP contribution < -0.4 is 42.5 Å². The van der Waals surface area contributed by atoms with E-state index in [0.29, 0.717) is 93.8 Å². The Labute approximate surface area is 734 Å². The Morgan fingerprint density at radius 2 is 0.669 bits per heavy atom. The van der Waals surface area contributed by atoms with E-state index in [0.717, 1.165) is 24.8 Å². The summed E-state index contributed by atoms with van der Waals surface area (Å²) in [5.41, 5.74) is 3.30. The fourth-order valence-corrected chi connectivity index (χ4v) is 14.8. The second-order valence-corrected chi connectivity index (χ2v) is 38.5. The van der Waals surface area contributed by atoms with Crippen LogP contribution in [0.15, 0.2) is 97.1 Å². The largest absolute Gasteiger partial charge is 0.444 e. The number of aryl methyl sites for hydroxylation is 4. The van der Waals surface area contributed by atoms with Crippen LogP contribution in [0.4, 0.5) is 45.1 Å². The van der Waals surface area contributed by atoms with E-state index in [1.165, 1.54) is 105 Å². The van der Waals surface area contributed by atoms with Gasteiger partial charge in [-0.2, -0.15) is 4.31 Å². The highest BCUT2D eigenvalue weighted by molar-refractivity contribution is 7.88. The Balaban J connectivity index is 0.000000192. The van der Waals surface area contributed by atoms with Gasteiger partial charge in [-0.15, -0.1) is 0 Å². The molecule has 0 bridgehead atoms. The lowest BCUT2D eigenvalue weighted by atomic mass is 10.1. The first-order chi connectivity index (χ1) is 58.9. The summed E-state index contributed by atoms with van der Waals surface area (Å²) in [5, 5.41) is 21.4. The second kappa shape index (κ2) is 39.0. The number of carbonyl (C=O) groups is 13. The second-order valence-electron chi connectivity index (χ2n) is 36.5. The minimum Gasteiger partial charge on any atom is -0.444 e. The number of fused-ring (bicyclic) bond motifs is 4. The molecule has 0 atom stereocenters. The van der Waals surface area contributed by atoms with E-state index < -0.39 is 120 Å². The topological polar surface area (TPSA) is 397 Å². The summed E-state index contributed by atoms with van der Waals surface area (Å²) in [5.74, 6) is -9.53. The standard InChI is InChI=1S/C26H33FN4O5.C22H27FN4O5S.C22H26FN3O3.C21H24FN3O4/c1-15-12-16(8-9-18(15)27)28-22(33)17-13-19(21(32)23(34)29-25(2,3)4)31-11-10-30(14-20(17)31)24(35)36-26(5,6)7;1-13-10-14(6-7-16(13)23)24-20(29)15-11-17(19(28)21(30)25-22(2,3)4)27-9-8-26(12-18(15)27)33(5,31)32;1-13-11-14(8-9-16(13)23)24-20(28)15-12-18(26-10-6-5-7-17(15)26)19(27)21(29)25-22(2,3)4;1-12-9-13(5-6-15(12)22)23-19(27)14-10-16(25-7-8-29-11-17(14)25)18(26)20(28)24-21(2,3)4/h8-9,12-13H,10-11,14H2,1-7H3,(H,28,33)(H,29,34);6-7,10-11H,8-9,12H2,1-5H3,(H,24,29)(H,25,30);8-9,11-12H,5-7,10H2,1-4H3,(H,24,28)(H,25,29);5-6,9-10H,7-8,11H2,1-4H3,(H,23,27)(H,24,28). The smallest absolute Gasteiger partial charge is 0.410 e. The fraction of sp³-hybridized carbons (Fsp3) is 0.418. The number of aromatic nitrogens is 4. The molecule has 31 nitrogen and oxygen atoms in total. The van der Waals surface area contributed by atoms with Gasteiger partial charge in [0.05, 0.1) is 89.0 Å². The number of anilines is 4. The molecule has 0 saturated heterocycles. The van der Waals surface area contributed by atoms with Gasteiger partial charge in [-0.1, -0.05) is 0 Å². The molecule has 680 valence electrons. The Hall–Kier alpha value is -12.7. The van der Waals surface area contributed by atoms with E-state index in [9.17, 15) is 88.3 Å². The Morgan fingerprint density at radius 3 is 0.984 bits per heavy atom. The normalized spacial score (nSPS) is 13.8. The zero-order chi connectivity index (χ0) is 94.4. The van der Waals surface area contributed by atoms with Gasteiger partial charge in [0.2, 0.25) is 10.0 Å². The number of nitrogens with one attached hydrogen (secondary N) is 8. The number of halogens is 4. The number of hydrogen-bond donors (Lipinski definition) is 8. The third kappa shape index (κ3) is 25.6. The van der Waals surface area contributed by atoms with Crippen molar-refractivity contribution in [1.82, 2.24) is 48.7 Å². The summed E-state index contributed by atoms with van der Waals surface area (Å²) in [6, 6.07) is 22.4. The van der Waals surface area contributed by atoms with Gasteiger partial charge in [0.25, 0.3) is 70.4 Å². The van der Waals surface area contributed by atoms with Crippen LogP contribution in [0.1, 0.15) is 245 Å². The van der Waals surface area contributed by atoms with Gasteiger partial charge in [-0.05, 0) is 270 Å². The van der Waals surface area contributed by atoms with Crippen molar-refractivity contribution in [3.05, 3.63) is 210 Å². The molecule has 0 fully saturated rings. The summed E-state index contributed by atoms with van der Waals surface area (Å²) >= 11 is 0. The molecule has 8 N–H and O–H groups in total. The van der Waals surface area contributed by atoms with Crippen molar-refractivity contribution < 1.29 is 97.8 Å². The Morgan fingerprint density at radius 1 is 0.370 bits per heavy atom. The Kier molecular flexibility index (Phi) is 30.2. The highest BCUT2D eigenvalue weighted by atomic mass is 32.2. The van der Waals surface area contributed by atoms with E-state index in [1.807, 2.05) is 0 Å². The minimum absolute atomic E-state index is 0.000313. The first-order valence-electron chi connectivity index (χ1n) is 41.0. The Bertz CT molecular complexity index is 5680. The van der Waals surface area contributed by atoms with Crippen LogP contribution in [0.3, 0.4) is 0 Å². The van der Waals surface area contributed by atoms with E-state index >= 15 is 0 Å². The molecule has 4 aromatic heterocycles. The van der Waals surface area contributed by atoms with Crippen LogP contribution in [0, 0.1) is 51.0 Å². The van der Waals surface area contributed by atoms with Crippen molar-refractivity contribution >= 4 is 109 Å². The maximum absolute atomic E-state index is 13.7. The number of ether oxygens (including phenoxy) is 2. The SMILES string of the molecule is Cc1cc(NC(=O)c2cc(C(=O)C(=O)NC(C)(C)C)n3c2CCCC3)ccc1F.Cc1cc(NC(=O)c2cc(C(=O)C(=O)NC(C)(C)C)n3c2CN(C(=O)OC(C)(C)C)CC3)ccc1F.Cc1cc(NC(=O)c2cc(C(=O)C(=O)NC(C)(C)C)n3c2CN(S(C)(=O)=O)CC3)ccc1F.Cc1cc(NC(=O)c2cc(C(=O)C(=O)NC(C)(C)C)n3c2COCC3)ccc1F. The van der Waals surface area contributed by atoms with Crippen LogP contribution in [0.5, 0.6) is 0 Å². The maximum atomic E-state index is 13.7. The molecular formula is C91H110F4N14O17S. The van der Waals surface area contributed by atoms with Crippen molar-refractivity contribution in [2.75, 3.05) is 47.2 Å². The van der Waals surface area contributed by atoms with E-state index in [1.54, 1.807) is 151 Å². The van der Waals surface area contributed by atoms with Crippen LogP contribution in [-0.4, -0.2) is 166 Å². The molecule has 0 unspecified atom stereocenters. The number of amides is 9. The summed E-state index contributed by atoms with van der Waals surface area (Å²) < 4.78 is 97.0. The first-order valence-corrected chi connectivity index (χ1v) is 42.9. The number of carbonyl (C=O) groups excluding carboxylic acids is 13. The number of benzene rings is 4. The molecule has 127 heavy (non-hydrogen) atoms. The summed E-state index contributed by atoms with van der Waals surface area (Å²) in [7, 11) is -3.55. The summed E-state index contributed by atoms with van der Waals surface area (Å²) in [4.78, 5) is 167. The first kappa shape index (κ1) is 98.1. The highest BCUT2D eigenvalue weighted by Crippen LogP contribution is 2.32. The number of sulfonamides is 1. The van der Waals surface area contributed by atoms with Gasteiger partial charge >= 0.3 is 6.09 Å². The predicted molar refractivity (Wildman–Crippen MR) is 467 cm³/mol. The zero-order valence-corrected chi connectivity index (χ0v) is 75.8. The number of nitrogens with zero attached hydrogens (tertiary/aromatic N) is 6. The van der Waals surface area contributed by atoms with Crippen LogP contribution in [0.2, 0.25) is 0 Å². The van der Waals surface area contributed by atoms with Crippen molar-refractivity contribution in [3.63, 3.8) is 0 Å². The fourth-order valence-electron chi connectivity index (χ4n) is 14.0. The lowest BCUT2D eigenvalue weighted by Crippen LogP contribution is -2.45. The molecule has 8 heterocycles. The lowest BCUT2D eigenvalue weighted by Gasteiger charge is -2.32. The number of hydrogen-bond acceptors (Lipinski definition) is 17. The van der Waals surface area contributed by atoms with Crippen molar-refractivity contribution in [3.8, 4) is 0 Å². The number of rotatable bonds is 17. The van der Waals surface area contributed by atoms with E-state index in [2.05, 4.69) is 42.5 Å². The quantitative estimate of drug-likeness (QED) is 0.0238. The average molecular weight is 1780 g/mol. The molecule has 4 aliphatic rings. The molecule has 36 heteroatoms. The molecule has 4 aliphatic heterocycles. The zero-order valence-electron chi connectivity index (χ0n) is 75.0. The number of Topliss-reactive ketones (excluding diaryl/α,β-unsaturated/α-hetero) is 4. The molecule has 0 spiro atoms. The van der Waals surface area contributed by atoms with Gasteiger partial charge in [-0.3, -0.25) is 57.5 Å². The predicted octanol–water partition coefficient (Wildman–Crippen LogP) is 12.5.